The van der Waals surface area contributed by atoms with E-state index in [1.54, 1.807) is 36.2 Å². The molecule has 0 fully saturated rings. The summed E-state index contributed by atoms with van der Waals surface area (Å²) >= 11 is 0. The second-order valence-electron chi connectivity index (χ2n) is 5.44. The van der Waals surface area contributed by atoms with Crippen molar-refractivity contribution < 1.29 is 9.53 Å². The van der Waals surface area contributed by atoms with Gasteiger partial charge in [0, 0.05) is 23.6 Å². The van der Waals surface area contributed by atoms with Crippen LogP contribution in [0.2, 0.25) is 0 Å². The molecule has 4 rings (SSSR count). The minimum Gasteiger partial charge on any atom is -0.496 e. The smallest absolute Gasteiger partial charge is 0.273 e. The van der Waals surface area contributed by atoms with E-state index < -0.39 is 0 Å². The van der Waals surface area contributed by atoms with Crippen LogP contribution in [0.25, 0.3) is 16.8 Å². The number of hydrogen-bond acceptors (Lipinski definition) is 4. The lowest BCUT2D eigenvalue weighted by Crippen LogP contribution is -2.12. The molecule has 4 aromatic rings. The van der Waals surface area contributed by atoms with Crippen molar-refractivity contribution in [2.24, 2.45) is 0 Å². The molecule has 0 aliphatic rings. The van der Waals surface area contributed by atoms with Gasteiger partial charge in [-0.15, -0.1) is 0 Å². The van der Waals surface area contributed by atoms with Gasteiger partial charge in [0.2, 0.25) is 0 Å². The number of ether oxygens (including phenoxy) is 1. The van der Waals surface area contributed by atoms with Crippen LogP contribution in [-0.2, 0) is 0 Å². The van der Waals surface area contributed by atoms with Crippen LogP contribution in [0, 0.1) is 0 Å². The number of para-hydroxylation sites is 1. The molecule has 0 radical (unpaired) electrons. The summed E-state index contributed by atoms with van der Waals surface area (Å²) in [4.78, 5) is 12.5. The molecule has 0 bridgehead atoms. The van der Waals surface area contributed by atoms with Gasteiger partial charge < -0.3 is 10.1 Å². The number of amides is 1. The SMILES string of the molecule is COc1ccccc1-c1cc(C(=O)Nc2ccn3nccc3c2)[nH]n1. The van der Waals surface area contributed by atoms with Crippen LogP contribution in [0.1, 0.15) is 10.5 Å². The molecule has 2 N–H and O–H groups in total. The summed E-state index contributed by atoms with van der Waals surface area (Å²) in [6, 6.07) is 14.7. The van der Waals surface area contributed by atoms with E-state index in [0.717, 1.165) is 11.1 Å². The van der Waals surface area contributed by atoms with Gasteiger partial charge in [-0.25, -0.2) is 4.52 Å². The number of H-pyrrole nitrogens is 1. The molecule has 0 spiro atoms. The molecule has 0 aliphatic carbocycles. The highest BCUT2D eigenvalue weighted by Gasteiger charge is 2.14. The number of carbonyl (C=O) groups is 1. The molecule has 1 amide bonds. The zero-order chi connectivity index (χ0) is 17.2. The zero-order valence-corrected chi connectivity index (χ0v) is 13.4. The highest BCUT2D eigenvalue weighted by Crippen LogP contribution is 2.28. The molecule has 3 heterocycles. The summed E-state index contributed by atoms with van der Waals surface area (Å²) in [7, 11) is 1.60. The van der Waals surface area contributed by atoms with Gasteiger partial charge >= 0.3 is 0 Å². The summed E-state index contributed by atoms with van der Waals surface area (Å²) in [5.74, 6) is 0.435. The fraction of sp³-hybridized carbons (Fsp3) is 0.0556. The lowest BCUT2D eigenvalue weighted by Gasteiger charge is -2.05. The largest absolute Gasteiger partial charge is 0.496 e. The number of carbonyl (C=O) groups excluding carboxylic acids is 1. The Hall–Kier alpha value is -3.61. The number of benzene rings is 1. The van der Waals surface area contributed by atoms with Crippen molar-refractivity contribution in [2.75, 3.05) is 12.4 Å². The maximum atomic E-state index is 12.5. The lowest BCUT2D eigenvalue weighted by molar-refractivity contribution is 0.102. The minimum absolute atomic E-state index is 0.266. The van der Waals surface area contributed by atoms with Crippen molar-refractivity contribution in [2.45, 2.75) is 0 Å². The first kappa shape index (κ1) is 14.9. The van der Waals surface area contributed by atoms with E-state index in [9.17, 15) is 4.79 Å². The van der Waals surface area contributed by atoms with Crippen molar-refractivity contribution in [3.05, 3.63) is 66.6 Å². The van der Waals surface area contributed by atoms with E-state index in [-0.39, 0.29) is 5.91 Å². The Labute approximate surface area is 143 Å². The topological polar surface area (TPSA) is 84.3 Å². The average Bonchev–Trinajstić information content (AvgIpc) is 3.30. The fourth-order valence-electron chi connectivity index (χ4n) is 2.63. The molecule has 1 aromatic carbocycles. The first-order valence-electron chi connectivity index (χ1n) is 7.68. The zero-order valence-electron chi connectivity index (χ0n) is 13.4. The van der Waals surface area contributed by atoms with Gasteiger partial charge in [-0.1, -0.05) is 12.1 Å². The molecule has 0 aliphatic heterocycles. The van der Waals surface area contributed by atoms with Crippen LogP contribution in [0.4, 0.5) is 5.69 Å². The van der Waals surface area contributed by atoms with Crippen molar-refractivity contribution in [3.63, 3.8) is 0 Å². The number of nitrogens with zero attached hydrogens (tertiary/aromatic N) is 3. The summed E-state index contributed by atoms with van der Waals surface area (Å²) < 4.78 is 7.06. The van der Waals surface area contributed by atoms with E-state index >= 15 is 0 Å². The van der Waals surface area contributed by atoms with Gasteiger partial charge in [0.1, 0.15) is 11.4 Å². The number of rotatable bonds is 4. The Morgan fingerprint density at radius 2 is 2.08 bits per heavy atom. The third-order valence-electron chi connectivity index (χ3n) is 3.86. The molecule has 3 aromatic heterocycles. The summed E-state index contributed by atoms with van der Waals surface area (Å²) in [5.41, 5.74) is 3.42. The third kappa shape index (κ3) is 2.83. The molecule has 0 saturated heterocycles. The minimum atomic E-state index is -0.266. The van der Waals surface area contributed by atoms with E-state index in [2.05, 4.69) is 20.6 Å². The Kier molecular flexibility index (Phi) is 3.66. The Balaban J connectivity index is 1.57. The van der Waals surface area contributed by atoms with E-state index in [0.29, 0.717) is 22.8 Å². The highest BCUT2D eigenvalue weighted by molar-refractivity contribution is 6.03. The van der Waals surface area contributed by atoms with E-state index in [1.807, 2.05) is 36.4 Å². The van der Waals surface area contributed by atoms with Gasteiger partial charge in [-0.2, -0.15) is 10.2 Å². The second-order valence-corrected chi connectivity index (χ2v) is 5.44. The second kappa shape index (κ2) is 6.12. The van der Waals surface area contributed by atoms with Crippen LogP contribution in [0.5, 0.6) is 5.75 Å². The van der Waals surface area contributed by atoms with Gasteiger partial charge in [0.15, 0.2) is 0 Å². The van der Waals surface area contributed by atoms with Crippen molar-refractivity contribution >= 4 is 17.1 Å². The predicted octanol–water partition coefficient (Wildman–Crippen LogP) is 2.99. The first-order valence-corrected chi connectivity index (χ1v) is 7.68. The van der Waals surface area contributed by atoms with Gasteiger partial charge in [0.05, 0.1) is 18.3 Å². The summed E-state index contributed by atoms with van der Waals surface area (Å²) in [6.07, 6.45) is 3.49. The molecule has 0 saturated carbocycles. The molecular formula is C18H15N5O2. The van der Waals surface area contributed by atoms with Gasteiger partial charge in [-0.05, 0) is 36.4 Å². The normalized spacial score (nSPS) is 10.8. The highest BCUT2D eigenvalue weighted by atomic mass is 16.5. The molecule has 124 valence electrons. The van der Waals surface area contributed by atoms with Gasteiger partial charge in [-0.3, -0.25) is 9.89 Å². The van der Waals surface area contributed by atoms with Crippen LogP contribution in [-0.4, -0.2) is 32.8 Å². The van der Waals surface area contributed by atoms with Crippen LogP contribution in [0.15, 0.2) is 60.9 Å². The molecule has 25 heavy (non-hydrogen) atoms. The summed E-state index contributed by atoms with van der Waals surface area (Å²) in [5, 5.41) is 14.0. The number of aromatic nitrogens is 4. The van der Waals surface area contributed by atoms with Crippen molar-refractivity contribution in [1.82, 2.24) is 19.8 Å². The lowest BCUT2D eigenvalue weighted by atomic mass is 10.1. The molecule has 7 heteroatoms. The third-order valence-corrected chi connectivity index (χ3v) is 3.86. The number of nitrogens with one attached hydrogen (secondary N) is 2. The number of hydrogen-bond donors (Lipinski definition) is 2. The van der Waals surface area contributed by atoms with Crippen LogP contribution >= 0.6 is 0 Å². The maximum absolute atomic E-state index is 12.5. The molecule has 0 unspecified atom stereocenters. The van der Waals surface area contributed by atoms with Crippen LogP contribution in [0.3, 0.4) is 0 Å². The number of anilines is 1. The fourth-order valence-corrected chi connectivity index (χ4v) is 2.63. The standard InChI is InChI=1S/C18H15N5O2/c1-25-17-5-3-2-4-14(17)15-11-16(22-21-15)18(24)20-12-7-9-23-13(10-12)6-8-19-23/h2-11H,1H3,(H,20,24)(H,21,22). The van der Waals surface area contributed by atoms with Crippen molar-refractivity contribution in [1.29, 1.82) is 0 Å². The predicted molar refractivity (Wildman–Crippen MR) is 93.7 cm³/mol. The number of fused-ring (bicyclic) bond motifs is 1. The maximum Gasteiger partial charge on any atom is 0.273 e. The van der Waals surface area contributed by atoms with Crippen molar-refractivity contribution in [3.8, 4) is 17.0 Å². The Bertz CT molecular complexity index is 1050. The Morgan fingerprint density at radius 3 is 2.96 bits per heavy atom. The average molecular weight is 333 g/mol. The molecular weight excluding hydrogens is 318 g/mol. The Morgan fingerprint density at radius 1 is 1.20 bits per heavy atom. The first-order chi connectivity index (χ1) is 12.2. The van der Waals surface area contributed by atoms with Gasteiger partial charge in [0.25, 0.3) is 5.91 Å². The van der Waals surface area contributed by atoms with Crippen LogP contribution < -0.4 is 10.1 Å². The summed E-state index contributed by atoms with van der Waals surface area (Å²) in [6.45, 7) is 0. The molecule has 0 atom stereocenters. The van der Waals surface area contributed by atoms with E-state index in [1.165, 1.54) is 0 Å². The molecule has 7 nitrogen and oxygen atoms in total. The monoisotopic (exact) mass is 333 g/mol. The quantitative estimate of drug-likeness (QED) is 0.601. The van der Waals surface area contributed by atoms with E-state index in [4.69, 9.17) is 4.74 Å². The number of pyridine rings is 1. The number of aromatic amines is 1. The number of methoxy groups -OCH3 is 1.